The van der Waals surface area contributed by atoms with E-state index in [0.29, 0.717) is 11.0 Å². The Kier molecular flexibility index (Phi) is 3.07. The summed E-state index contributed by atoms with van der Waals surface area (Å²) >= 11 is 0. The molecule has 2 heterocycles. The minimum Gasteiger partial charge on any atom is -0.545 e. The second-order valence-electron chi connectivity index (χ2n) is 4.96. The van der Waals surface area contributed by atoms with Crippen LogP contribution in [0.1, 0.15) is 55.7 Å². The number of hydrogen-bond acceptors (Lipinski definition) is 4. The van der Waals surface area contributed by atoms with Gasteiger partial charge in [0.2, 0.25) is 0 Å². The largest absolute Gasteiger partial charge is 0.545 e. The molecule has 96 valence electrons. The Labute approximate surface area is 105 Å². The van der Waals surface area contributed by atoms with E-state index < -0.39 is 5.97 Å². The maximum Gasteiger partial charge on any atom is 0.158 e. The van der Waals surface area contributed by atoms with Gasteiger partial charge in [0.05, 0.1) is 12.2 Å². The van der Waals surface area contributed by atoms with Gasteiger partial charge in [0.15, 0.2) is 5.65 Å². The summed E-state index contributed by atoms with van der Waals surface area (Å²) in [6.45, 7) is 7.91. The van der Waals surface area contributed by atoms with Gasteiger partial charge in [0, 0.05) is 22.7 Å². The van der Waals surface area contributed by atoms with Crippen LogP contribution in [0.25, 0.3) is 11.0 Å². The van der Waals surface area contributed by atoms with Crippen molar-refractivity contribution in [2.45, 2.75) is 39.7 Å². The lowest BCUT2D eigenvalue weighted by atomic mass is 10.1. The smallest absolute Gasteiger partial charge is 0.158 e. The third-order valence-corrected chi connectivity index (χ3v) is 2.89. The standard InChI is InChI=1S/C13H17N3O2/c1-7(2)11-5-9(13(17)18)10-6-14-16(8(3)4)12(10)15-11/h5-8H,1-4H3,(H,17,18)/p-1. The summed E-state index contributed by atoms with van der Waals surface area (Å²) in [6, 6.07) is 1.71. The van der Waals surface area contributed by atoms with E-state index in [-0.39, 0.29) is 17.5 Å². The molecule has 2 aromatic heterocycles. The molecule has 0 fully saturated rings. The third kappa shape index (κ3) is 1.96. The van der Waals surface area contributed by atoms with Crippen LogP contribution in [0.5, 0.6) is 0 Å². The highest BCUT2D eigenvalue weighted by Crippen LogP contribution is 2.23. The van der Waals surface area contributed by atoms with E-state index in [1.807, 2.05) is 27.7 Å². The molecule has 0 aliphatic carbocycles. The molecule has 18 heavy (non-hydrogen) atoms. The molecule has 0 radical (unpaired) electrons. The van der Waals surface area contributed by atoms with Gasteiger partial charge in [-0.1, -0.05) is 13.8 Å². The van der Waals surface area contributed by atoms with Crippen molar-refractivity contribution >= 4 is 17.0 Å². The first-order chi connectivity index (χ1) is 8.41. The fourth-order valence-electron chi connectivity index (χ4n) is 1.88. The van der Waals surface area contributed by atoms with Crippen molar-refractivity contribution in [1.82, 2.24) is 14.8 Å². The van der Waals surface area contributed by atoms with Crippen LogP contribution < -0.4 is 5.11 Å². The number of carbonyl (C=O) groups excluding carboxylic acids is 1. The van der Waals surface area contributed by atoms with Gasteiger partial charge in [-0.15, -0.1) is 0 Å². The van der Waals surface area contributed by atoms with Crippen LogP contribution in [-0.4, -0.2) is 20.7 Å². The van der Waals surface area contributed by atoms with Crippen molar-refractivity contribution in [3.8, 4) is 0 Å². The zero-order valence-electron chi connectivity index (χ0n) is 11.0. The summed E-state index contributed by atoms with van der Waals surface area (Å²) in [4.78, 5) is 15.7. The highest BCUT2D eigenvalue weighted by molar-refractivity contribution is 6.00. The second kappa shape index (κ2) is 4.40. The predicted octanol–water partition coefficient (Wildman–Crippen LogP) is 1.50. The lowest BCUT2D eigenvalue weighted by molar-refractivity contribution is -0.254. The SMILES string of the molecule is CC(C)c1cc(C(=O)[O-])c2cnn(C(C)C)c2n1. The van der Waals surface area contributed by atoms with Gasteiger partial charge < -0.3 is 9.90 Å². The number of pyridine rings is 1. The van der Waals surface area contributed by atoms with Crippen LogP contribution >= 0.6 is 0 Å². The van der Waals surface area contributed by atoms with E-state index in [1.165, 1.54) is 6.20 Å². The van der Waals surface area contributed by atoms with E-state index in [4.69, 9.17) is 0 Å². The third-order valence-electron chi connectivity index (χ3n) is 2.89. The summed E-state index contributed by atoms with van der Waals surface area (Å²) < 4.78 is 1.73. The number of hydrogen-bond donors (Lipinski definition) is 0. The van der Waals surface area contributed by atoms with Crippen molar-refractivity contribution < 1.29 is 9.90 Å². The van der Waals surface area contributed by atoms with Crippen LogP contribution in [0.4, 0.5) is 0 Å². The van der Waals surface area contributed by atoms with Gasteiger partial charge in [-0.3, -0.25) is 0 Å². The number of aromatic carboxylic acids is 1. The Hall–Kier alpha value is -1.91. The fourth-order valence-corrected chi connectivity index (χ4v) is 1.88. The number of carboxylic acid groups (broad SMARTS) is 1. The lowest BCUT2D eigenvalue weighted by Crippen LogP contribution is -2.23. The average Bonchev–Trinajstić information content (AvgIpc) is 2.70. The summed E-state index contributed by atoms with van der Waals surface area (Å²) in [5.74, 6) is -1.03. The summed E-state index contributed by atoms with van der Waals surface area (Å²) in [7, 11) is 0. The van der Waals surface area contributed by atoms with Crippen LogP contribution in [0.15, 0.2) is 12.3 Å². The molecule has 0 N–H and O–H groups in total. The van der Waals surface area contributed by atoms with Crippen LogP contribution in [-0.2, 0) is 0 Å². The maximum atomic E-state index is 11.2. The molecule has 0 aliphatic rings. The Morgan fingerprint density at radius 3 is 2.50 bits per heavy atom. The molecule has 0 spiro atoms. The molecule has 0 saturated carbocycles. The minimum atomic E-state index is -1.19. The second-order valence-corrected chi connectivity index (χ2v) is 4.96. The molecule has 0 aromatic carbocycles. The van der Waals surface area contributed by atoms with Gasteiger partial charge in [-0.05, 0) is 25.8 Å². The fraction of sp³-hybridized carbons (Fsp3) is 0.462. The molecule has 0 aliphatic heterocycles. The average molecular weight is 246 g/mol. The molecule has 0 atom stereocenters. The number of carboxylic acids is 1. The zero-order chi connectivity index (χ0) is 13.4. The molecular weight excluding hydrogens is 230 g/mol. The van der Waals surface area contributed by atoms with Gasteiger partial charge in [-0.25, -0.2) is 9.67 Å². The zero-order valence-corrected chi connectivity index (χ0v) is 11.0. The number of fused-ring (bicyclic) bond motifs is 1. The number of nitrogens with zero attached hydrogens (tertiary/aromatic N) is 3. The first kappa shape index (κ1) is 12.5. The van der Waals surface area contributed by atoms with Gasteiger partial charge >= 0.3 is 0 Å². The molecule has 2 aromatic rings. The van der Waals surface area contributed by atoms with E-state index in [0.717, 1.165) is 5.69 Å². The monoisotopic (exact) mass is 246 g/mol. The Morgan fingerprint density at radius 2 is 2.00 bits per heavy atom. The number of carbonyl (C=O) groups is 1. The Bertz CT molecular complexity index is 600. The number of rotatable bonds is 3. The first-order valence-corrected chi connectivity index (χ1v) is 6.01. The maximum absolute atomic E-state index is 11.2. The van der Waals surface area contributed by atoms with Gasteiger partial charge in [0.25, 0.3) is 0 Å². The molecule has 0 saturated heterocycles. The number of aromatic nitrogens is 3. The van der Waals surface area contributed by atoms with Gasteiger partial charge in [0.1, 0.15) is 0 Å². The first-order valence-electron chi connectivity index (χ1n) is 6.01. The normalized spacial score (nSPS) is 11.7. The molecule has 0 unspecified atom stereocenters. The topological polar surface area (TPSA) is 70.8 Å². The molecule has 0 bridgehead atoms. The van der Waals surface area contributed by atoms with Crippen LogP contribution in [0.2, 0.25) is 0 Å². The highest BCUT2D eigenvalue weighted by atomic mass is 16.4. The molecule has 0 amide bonds. The van der Waals surface area contributed by atoms with Crippen molar-refractivity contribution in [2.75, 3.05) is 0 Å². The van der Waals surface area contributed by atoms with Crippen molar-refractivity contribution in [2.24, 2.45) is 0 Å². The van der Waals surface area contributed by atoms with Crippen molar-refractivity contribution in [3.05, 3.63) is 23.5 Å². The van der Waals surface area contributed by atoms with E-state index in [9.17, 15) is 9.90 Å². The lowest BCUT2D eigenvalue weighted by Gasteiger charge is -2.12. The summed E-state index contributed by atoms with van der Waals surface area (Å²) in [5.41, 5.74) is 1.51. The molecule has 2 rings (SSSR count). The molecule has 5 heteroatoms. The molecule has 5 nitrogen and oxygen atoms in total. The minimum absolute atomic E-state index is 0.131. The van der Waals surface area contributed by atoms with Crippen molar-refractivity contribution in [3.63, 3.8) is 0 Å². The van der Waals surface area contributed by atoms with E-state index in [2.05, 4.69) is 10.1 Å². The van der Waals surface area contributed by atoms with Gasteiger partial charge in [-0.2, -0.15) is 5.10 Å². The molecular formula is C13H16N3O2-. The highest BCUT2D eigenvalue weighted by Gasteiger charge is 2.14. The predicted molar refractivity (Wildman–Crippen MR) is 66.3 cm³/mol. The summed E-state index contributed by atoms with van der Waals surface area (Å²) in [6.07, 6.45) is 1.54. The van der Waals surface area contributed by atoms with Crippen molar-refractivity contribution in [1.29, 1.82) is 0 Å². The quantitative estimate of drug-likeness (QED) is 0.822. The summed E-state index contributed by atoms with van der Waals surface area (Å²) in [5, 5.41) is 15.9. The van der Waals surface area contributed by atoms with E-state index >= 15 is 0 Å². The Balaban J connectivity index is 2.79. The van der Waals surface area contributed by atoms with Crippen LogP contribution in [0.3, 0.4) is 0 Å². The Morgan fingerprint density at radius 1 is 1.33 bits per heavy atom. The van der Waals surface area contributed by atoms with E-state index in [1.54, 1.807) is 10.7 Å². The van der Waals surface area contributed by atoms with Crippen LogP contribution in [0, 0.1) is 0 Å².